The Morgan fingerprint density at radius 2 is 2.10 bits per heavy atom. The number of benzene rings is 1. The molecule has 1 heterocycles. The fourth-order valence-corrected chi connectivity index (χ4v) is 2.63. The number of nitrogens with zero attached hydrogens (tertiary/aromatic N) is 2. The molecule has 0 aliphatic carbocycles. The van der Waals surface area contributed by atoms with Crippen LogP contribution in [0.5, 0.6) is 5.88 Å². The molecule has 20 heavy (non-hydrogen) atoms. The lowest BCUT2D eigenvalue weighted by atomic mass is 10.1. The molecule has 1 aromatic heterocycles. The lowest BCUT2D eigenvalue weighted by Crippen LogP contribution is -2.19. The van der Waals surface area contributed by atoms with Gasteiger partial charge in [0.15, 0.2) is 0 Å². The van der Waals surface area contributed by atoms with Gasteiger partial charge in [0.05, 0.1) is 18.4 Å². The van der Waals surface area contributed by atoms with Crippen molar-refractivity contribution in [3.63, 3.8) is 0 Å². The first kappa shape index (κ1) is 14.9. The van der Waals surface area contributed by atoms with Crippen molar-refractivity contribution < 1.29 is 4.74 Å². The quantitative estimate of drug-likeness (QED) is 0.920. The Morgan fingerprint density at radius 1 is 1.40 bits per heavy atom. The molecule has 0 radical (unpaired) electrons. The summed E-state index contributed by atoms with van der Waals surface area (Å²) in [6.45, 7) is 4.77. The van der Waals surface area contributed by atoms with Crippen LogP contribution in [-0.2, 0) is 13.6 Å². The van der Waals surface area contributed by atoms with E-state index in [1.807, 2.05) is 38.2 Å². The second kappa shape index (κ2) is 6.29. The van der Waals surface area contributed by atoms with Crippen molar-refractivity contribution in [2.45, 2.75) is 26.4 Å². The molecule has 1 aromatic carbocycles. The SMILES string of the molecule is COc1c(CNC(C)c2ccccc2Cl)c(C)nn1C. The molecule has 1 N–H and O–H groups in total. The lowest BCUT2D eigenvalue weighted by Gasteiger charge is -2.16. The van der Waals surface area contributed by atoms with Crippen LogP contribution < -0.4 is 10.1 Å². The van der Waals surface area contributed by atoms with Crippen molar-refractivity contribution in [3.05, 3.63) is 46.1 Å². The van der Waals surface area contributed by atoms with Gasteiger partial charge in [-0.3, -0.25) is 0 Å². The third kappa shape index (κ3) is 2.97. The molecule has 0 saturated carbocycles. The number of aromatic nitrogens is 2. The zero-order valence-corrected chi connectivity index (χ0v) is 13.0. The van der Waals surface area contributed by atoms with Crippen molar-refractivity contribution in [1.82, 2.24) is 15.1 Å². The van der Waals surface area contributed by atoms with Crippen LogP contribution in [0, 0.1) is 6.92 Å². The fraction of sp³-hybridized carbons (Fsp3) is 0.400. The maximum Gasteiger partial charge on any atom is 0.216 e. The van der Waals surface area contributed by atoms with Crippen LogP contribution in [0.4, 0.5) is 0 Å². The molecule has 0 aliphatic rings. The van der Waals surface area contributed by atoms with E-state index in [9.17, 15) is 0 Å². The van der Waals surface area contributed by atoms with Crippen molar-refractivity contribution in [2.75, 3.05) is 7.11 Å². The normalized spacial score (nSPS) is 12.4. The highest BCUT2D eigenvalue weighted by Gasteiger charge is 2.15. The van der Waals surface area contributed by atoms with Gasteiger partial charge in [-0.1, -0.05) is 29.8 Å². The van der Waals surface area contributed by atoms with Crippen LogP contribution >= 0.6 is 11.6 Å². The summed E-state index contributed by atoms with van der Waals surface area (Å²) >= 11 is 6.21. The maximum absolute atomic E-state index is 6.21. The third-order valence-electron chi connectivity index (χ3n) is 3.44. The Bertz CT molecular complexity index is 595. The highest BCUT2D eigenvalue weighted by atomic mass is 35.5. The first-order chi connectivity index (χ1) is 9.54. The maximum atomic E-state index is 6.21. The van der Waals surface area contributed by atoms with Crippen molar-refractivity contribution in [2.24, 2.45) is 7.05 Å². The molecule has 0 amide bonds. The Kier molecular flexibility index (Phi) is 4.68. The predicted octanol–water partition coefficient (Wildman–Crippen LogP) is 3.24. The lowest BCUT2D eigenvalue weighted by molar-refractivity contribution is 0.367. The number of methoxy groups -OCH3 is 1. The van der Waals surface area contributed by atoms with Crippen LogP contribution in [0.1, 0.15) is 29.8 Å². The summed E-state index contributed by atoms with van der Waals surface area (Å²) in [5.41, 5.74) is 3.15. The molecule has 2 aromatic rings. The Balaban J connectivity index is 2.11. The van der Waals surface area contributed by atoms with Crippen LogP contribution in [0.2, 0.25) is 5.02 Å². The molecule has 1 unspecified atom stereocenters. The average Bonchev–Trinajstić information content (AvgIpc) is 2.70. The first-order valence-corrected chi connectivity index (χ1v) is 6.96. The minimum Gasteiger partial charge on any atom is -0.481 e. The standard InChI is InChI=1S/C15H20ClN3O/c1-10(12-7-5-6-8-14(12)16)17-9-13-11(2)18-19(3)15(13)20-4/h5-8,10,17H,9H2,1-4H3. The van der Waals surface area contributed by atoms with Crippen LogP contribution in [0.3, 0.4) is 0 Å². The molecule has 0 aliphatic heterocycles. The number of nitrogens with one attached hydrogen (secondary N) is 1. The van der Waals surface area contributed by atoms with Gasteiger partial charge in [0, 0.05) is 24.7 Å². The van der Waals surface area contributed by atoms with Gasteiger partial charge in [-0.2, -0.15) is 5.10 Å². The first-order valence-electron chi connectivity index (χ1n) is 6.58. The number of hydrogen-bond acceptors (Lipinski definition) is 3. The summed E-state index contributed by atoms with van der Waals surface area (Å²) in [5.74, 6) is 0.793. The van der Waals surface area contributed by atoms with E-state index in [-0.39, 0.29) is 6.04 Å². The number of hydrogen-bond donors (Lipinski definition) is 1. The molecule has 4 nitrogen and oxygen atoms in total. The van der Waals surface area contributed by atoms with Crippen LogP contribution in [-0.4, -0.2) is 16.9 Å². The molecular formula is C15H20ClN3O. The van der Waals surface area contributed by atoms with Crippen molar-refractivity contribution in [1.29, 1.82) is 0 Å². The zero-order chi connectivity index (χ0) is 14.7. The number of aryl methyl sites for hydroxylation is 2. The Hall–Kier alpha value is -1.52. The minimum absolute atomic E-state index is 0.160. The Morgan fingerprint density at radius 3 is 2.75 bits per heavy atom. The predicted molar refractivity (Wildman–Crippen MR) is 81.2 cm³/mol. The number of rotatable bonds is 5. The number of ether oxygens (including phenoxy) is 1. The van der Waals surface area contributed by atoms with Gasteiger partial charge < -0.3 is 10.1 Å². The average molecular weight is 294 g/mol. The van der Waals surface area contributed by atoms with Crippen molar-refractivity contribution >= 4 is 11.6 Å². The van der Waals surface area contributed by atoms with E-state index in [0.29, 0.717) is 6.54 Å². The summed E-state index contributed by atoms with van der Waals surface area (Å²) in [6, 6.07) is 8.04. The molecule has 0 bridgehead atoms. The summed E-state index contributed by atoms with van der Waals surface area (Å²) in [7, 11) is 3.55. The van der Waals surface area contributed by atoms with Gasteiger partial charge in [-0.15, -0.1) is 0 Å². The third-order valence-corrected chi connectivity index (χ3v) is 3.78. The van der Waals surface area contributed by atoms with E-state index in [0.717, 1.165) is 27.7 Å². The van der Waals surface area contributed by atoms with Gasteiger partial charge in [-0.05, 0) is 25.5 Å². The minimum atomic E-state index is 0.160. The van der Waals surface area contributed by atoms with Gasteiger partial charge in [-0.25, -0.2) is 4.68 Å². The van der Waals surface area contributed by atoms with E-state index in [2.05, 4.69) is 17.3 Å². The molecule has 108 valence electrons. The molecule has 5 heteroatoms. The van der Waals surface area contributed by atoms with Gasteiger partial charge >= 0.3 is 0 Å². The Labute approximate surface area is 124 Å². The second-order valence-corrected chi connectivity index (χ2v) is 5.23. The van der Waals surface area contributed by atoms with E-state index in [4.69, 9.17) is 16.3 Å². The smallest absolute Gasteiger partial charge is 0.216 e. The second-order valence-electron chi connectivity index (χ2n) is 4.82. The van der Waals surface area contributed by atoms with Crippen LogP contribution in [0.25, 0.3) is 0 Å². The zero-order valence-electron chi connectivity index (χ0n) is 12.3. The molecule has 0 fully saturated rings. The van der Waals surface area contributed by atoms with E-state index in [1.54, 1.807) is 11.8 Å². The monoisotopic (exact) mass is 293 g/mol. The summed E-state index contributed by atoms with van der Waals surface area (Å²) in [5, 5.41) is 8.62. The molecule has 0 saturated heterocycles. The topological polar surface area (TPSA) is 39.1 Å². The number of halogens is 1. The van der Waals surface area contributed by atoms with E-state index in [1.165, 1.54) is 0 Å². The van der Waals surface area contributed by atoms with E-state index < -0.39 is 0 Å². The van der Waals surface area contributed by atoms with Gasteiger partial charge in [0.2, 0.25) is 5.88 Å². The molecule has 0 spiro atoms. The fourth-order valence-electron chi connectivity index (χ4n) is 2.33. The molecular weight excluding hydrogens is 274 g/mol. The highest BCUT2D eigenvalue weighted by Crippen LogP contribution is 2.25. The highest BCUT2D eigenvalue weighted by molar-refractivity contribution is 6.31. The molecule has 1 atom stereocenters. The largest absolute Gasteiger partial charge is 0.481 e. The summed E-state index contributed by atoms with van der Waals surface area (Å²) in [6.07, 6.45) is 0. The summed E-state index contributed by atoms with van der Waals surface area (Å²) in [4.78, 5) is 0. The van der Waals surface area contributed by atoms with Crippen molar-refractivity contribution in [3.8, 4) is 5.88 Å². The van der Waals surface area contributed by atoms with Crippen LogP contribution in [0.15, 0.2) is 24.3 Å². The van der Waals surface area contributed by atoms with Gasteiger partial charge in [0.1, 0.15) is 0 Å². The van der Waals surface area contributed by atoms with E-state index >= 15 is 0 Å². The summed E-state index contributed by atoms with van der Waals surface area (Å²) < 4.78 is 7.15. The van der Waals surface area contributed by atoms with Gasteiger partial charge in [0.25, 0.3) is 0 Å². The molecule has 2 rings (SSSR count).